The van der Waals surface area contributed by atoms with Crippen LogP contribution in [-0.4, -0.2) is 64.1 Å². The Kier molecular flexibility index (Phi) is 7.90. The third-order valence-electron chi connectivity index (χ3n) is 5.07. The number of hydrogen-bond acceptors (Lipinski definition) is 4. The Morgan fingerprint density at radius 3 is 2.57 bits per heavy atom. The fourth-order valence-electron chi connectivity index (χ4n) is 2.99. The normalized spacial score (nSPS) is 14.3. The van der Waals surface area contributed by atoms with Crippen molar-refractivity contribution >= 4 is 17.9 Å². The molecule has 1 aromatic heterocycles. The van der Waals surface area contributed by atoms with E-state index >= 15 is 0 Å². The lowest BCUT2D eigenvalue weighted by atomic mass is 10.2. The van der Waals surface area contributed by atoms with Crippen LogP contribution in [0.3, 0.4) is 0 Å². The summed E-state index contributed by atoms with van der Waals surface area (Å²) in [6.07, 6.45) is 4.66. The minimum absolute atomic E-state index is 0.00934. The summed E-state index contributed by atoms with van der Waals surface area (Å²) in [5, 5.41) is 2.56. The van der Waals surface area contributed by atoms with Gasteiger partial charge in [0.2, 0.25) is 5.91 Å². The van der Waals surface area contributed by atoms with E-state index in [-0.39, 0.29) is 37.7 Å². The van der Waals surface area contributed by atoms with Crippen LogP contribution in [0, 0.1) is 0 Å². The second kappa shape index (κ2) is 10.1. The lowest BCUT2D eigenvalue weighted by Gasteiger charge is -2.31. The highest BCUT2D eigenvalue weighted by Gasteiger charge is 2.34. The van der Waals surface area contributed by atoms with Crippen LogP contribution < -0.4 is 5.32 Å². The summed E-state index contributed by atoms with van der Waals surface area (Å²) >= 11 is 0. The maximum atomic E-state index is 13.0. The maximum Gasteiger partial charge on any atom is 0.325 e. The number of nitrogens with one attached hydrogen (secondary N) is 1. The summed E-state index contributed by atoms with van der Waals surface area (Å²) < 4.78 is 6.84. The predicted molar refractivity (Wildman–Crippen MR) is 105 cm³/mol. The van der Waals surface area contributed by atoms with Gasteiger partial charge in [0.05, 0.1) is 13.2 Å². The molecule has 1 aromatic rings. The van der Waals surface area contributed by atoms with Crippen LogP contribution >= 0.6 is 0 Å². The molecule has 1 N–H and O–H groups in total. The van der Waals surface area contributed by atoms with Gasteiger partial charge in [0.15, 0.2) is 0 Å². The zero-order chi connectivity index (χ0) is 20.7. The number of carbonyl (C=O) groups excluding carboxylic acids is 3. The average Bonchev–Trinajstić information content (AvgIpc) is 3.43. The van der Waals surface area contributed by atoms with Gasteiger partial charge < -0.3 is 24.4 Å². The summed E-state index contributed by atoms with van der Waals surface area (Å²) in [6, 6.07) is 3.65. The summed E-state index contributed by atoms with van der Waals surface area (Å²) in [5.41, 5.74) is 1.06. The molecule has 8 nitrogen and oxygen atoms in total. The second-order valence-corrected chi connectivity index (χ2v) is 7.21. The van der Waals surface area contributed by atoms with E-state index in [0.29, 0.717) is 13.0 Å². The van der Waals surface area contributed by atoms with Crippen LogP contribution in [0.25, 0.3) is 0 Å². The number of nitrogens with zero attached hydrogens (tertiary/aromatic N) is 3. The number of hydrogen-bond donors (Lipinski definition) is 1. The largest absolute Gasteiger partial charge is 0.465 e. The first-order valence-electron chi connectivity index (χ1n) is 9.97. The van der Waals surface area contributed by atoms with E-state index in [0.717, 1.165) is 18.5 Å². The van der Waals surface area contributed by atoms with Crippen molar-refractivity contribution in [2.75, 3.05) is 19.7 Å². The molecule has 28 heavy (non-hydrogen) atoms. The second-order valence-electron chi connectivity index (χ2n) is 7.21. The van der Waals surface area contributed by atoms with Crippen molar-refractivity contribution in [3.8, 4) is 0 Å². The number of ether oxygens (including phenoxy) is 1. The minimum Gasteiger partial charge on any atom is -0.465 e. The fraction of sp³-hybridized carbons (Fsp3) is 0.650. The first kappa shape index (κ1) is 21.8. The molecule has 0 saturated heterocycles. The van der Waals surface area contributed by atoms with Crippen LogP contribution in [0.1, 0.15) is 45.7 Å². The number of aryl methyl sites for hydroxylation is 1. The first-order chi connectivity index (χ1) is 13.4. The SMILES string of the molecule is CCOC(=O)CNC(=O)N(CC(=O)N(Cc1cccn1C)C1CC1)[C@H](C)CC. The van der Waals surface area contributed by atoms with Gasteiger partial charge in [-0.3, -0.25) is 9.59 Å². The van der Waals surface area contributed by atoms with Crippen LogP contribution in [0.15, 0.2) is 18.3 Å². The van der Waals surface area contributed by atoms with Gasteiger partial charge in [-0.05, 0) is 45.2 Å². The summed E-state index contributed by atoms with van der Waals surface area (Å²) in [7, 11) is 1.96. The van der Waals surface area contributed by atoms with Gasteiger partial charge >= 0.3 is 12.0 Å². The number of urea groups is 1. The molecule has 1 saturated carbocycles. The summed E-state index contributed by atoms with van der Waals surface area (Å²) in [6.45, 7) is 6.15. The van der Waals surface area contributed by atoms with Gasteiger partial charge in [0, 0.05) is 31.0 Å². The first-order valence-corrected chi connectivity index (χ1v) is 9.97. The zero-order valence-corrected chi connectivity index (χ0v) is 17.3. The van der Waals surface area contributed by atoms with E-state index in [1.54, 1.807) is 6.92 Å². The molecule has 1 aliphatic carbocycles. The molecule has 1 atom stereocenters. The van der Waals surface area contributed by atoms with Gasteiger partial charge in [0.1, 0.15) is 13.1 Å². The van der Waals surface area contributed by atoms with E-state index in [4.69, 9.17) is 4.74 Å². The molecule has 156 valence electrons. The molecule has 0 aliphatic heterocycles. The Balaban J connectivity index is 2.02. The Bertz CT molecular complexity index is 684. The highest BCUT2D eigenvalue weighted by Crippen LogP contribution is 2.28. The van der Waals surface area contributed by atoms with E-state index in [2.05, 4.69) is 5.32 Å². The Morgan fingerprint density at radius 1 is 1.32 bits per heavy atom. The number of amides is 3. The van der Waals surface area contributed by atoms with Gasteiger partial charge in [-0.2, -0.15) is 0 Å². The van der Waals surface area contributed by atoms with Crippen molar-refractivity contribution in [1.29, 1.82) is 0 Å². The smallest absolute Gasteiger partial charge is 0.325 e. The van der Waals surface area contributed by atoms with E-state index in [1.807, 2.05) is 48.7 Å². The van der Waals surface area contributed by atoms with E-state index in [1.165, 1.54) is 4.90 Å². The maximum absolute atomic E-state index is 13.0. The van der Waals surface area contributed by atoms with Crippen LogP contribution in [0.4, 0.5) is 4.79 Å². The topological polar surface area (TPSA) is 83.9 Å². The van der Waals surface area contributed by atoms with Gasteiger partial charge in [-0.15, -0.1) is 0 Å². The molecule has 0 radical (unpaired) electrons. The summed E-state index contributed by atoms with van der Waals surface area (Å²) in [4.78, 5) is 40.5. The standard InChI is InChI=1S/C20H32N4O4/c1-5-15(3)23(20(27)21-12-19(26)28-6-2)14-18(25)24(16-9-10-16)13-17-8-7-11-22(17)4/h7-8,11,15-16H,5-6,9-10,12-14H2,1-4H3,(H,21,27)/t15-/m1/s1. The minimum atomic E-state index is -0.491. The van der Waals surface area contributed by atoms with Gasteiger partial charge in [-0.25, -0.2) is 4.79 Å². The zero-order valence-electron chi connectivity index (χ0n) is 17.3. The summed E-state index contributed by atoms with van der Waals surface area (Å²) in [5.74, 6) is -0.565. The van der Waals surface area contributed by atoms with Crippen molar-refractivity contribution < 1.29 is 19.1 Å². The molecular formula is C20H32N4O4. The molecule has 1 aliphatic rings. The molecule has 2 rings (SSSR count). The fourth-order valence-corrected chi connectivity index (χ4v) is 2.99. The molecule has 1 fully saturated rings. The molecule has 0 unspecified atom stereocenters. The number of rotatable bonds is 10. The van der Waals surface area contributed by atoms with Crippen molar-refractivity contribution in [1.82, 2.24) is 19.7 Å². The molecule has 0 aromatic carbocycles. The van der Waals surface area contributed by atoms with Gasteiger partial charge in [0.25, 0.3) is 0 Å². The Labute approximate surface area is 166 Å². The highest BCUT2D eigenvalue weighted by molar-refractivity contribution is 5.86. The molecular weight excluding hydrogens is 360 g/mol. The third kappa shape index (κ3) is 6.00. The number of carbonyl (C=O) groups is 3. The average molecular weight is 393 g/mol. The quantitative estimate of drug-likeness (QED) is 0.617. The van der Waals surface area contributed by atoms with Crippen LogP contribution in [-0.2, 0) is 27.9 Å². The highest BCUT2D eigenvalue weighted by atomic mass is 16.5. The van der Waals surface area contributed by atoms with Gasteiger partial charge in [-0.1, -0.05) is 6.92 Å². The Hall–Kier alpha value is -2.51. The lowest BCUT2D eigenvalue weighted by Crippen LogP contribution is -2.51. The monoisotopic (exact) mass is 392 g/mol. The van der Waals surface area contributed by atoms with Crippen LogP contribution in [0.5, 0.6) is 0 Å². The van der Waals surface area contributed by atoms with Crippen molar-refractivity contribution in [2.45, 2.75) is 58.7 Å². The number of aromatic nitrogens is 1. The molecule has 0 spiro atoms. The predicted octanol–water partition coefficient (Wildman–Crippen LogP) is 1.89. The molecule has 1 heterocycles. The lowest BCUT2D eigenvalue weighted by molar-refractivity contribution is -0.141. The molecule has 3 amide bonds. The van der Waals surface area contributed by atoms with E-state index in [9.17, 15) is 14.4 Å². The molecule has 8 heteroatoms. The van der Waals surface area contributed by atoms with Crippen LogP contribution in [0.2, 0.25) is 0 Å². The Morgan fingerprint density at radius 2 is 2.04 bits per heavy atom. The van der Waals surface area contributed by atoms with E-state index < -0.39 is 12.0 Å². The molecule has 0 bridgehead atoms. The van der Waals surface area contributed by atoms with Crippen molar-refractivity contribution in [3.05, 3.63) is 24.0 Å². The third-order valence-corrected chi connectivity index (χ3v) is 5.07. The van der Waals surface area contributed by atoms with Crippen molar-refractivity contribution in [3.63, 3.8) is 0 Å². The van der Waals surface area contributed by atoms with Crippen molar-refractivity contribution in [2.24, 2.45) is 7.05 Å². The number of esters is 1.